The summed E-state index contributed by atoms with van der Waals surface area (Å²) in [4.78, 5) is 12.9. The highest BCUT2D eigenvalue weighted by Gasteiger charge is 2.33. The van der Waals surface area contributed by atoms with Crippen LogP contribution in [0.2, 0.25) is 0 Å². The first-order valence-electron chi connectivity index (χ1n) is 9.89. The molecule has 7 nitrogen and oxygen atoms in total. The number of hydrogen-bond donors (Lipinski definition) is 1. The standard InChI is InChI=1S/C22H25N3O4S/c1-3-29-21-10-9-20(12-16(21)2)30(27,28)25-11-5-7-18(15-25)22(26)24-19-8-4-6-17(13-19)14-23/h4,6,8-10,12-13,18H,3,5,7,11,15H2,1-2H3,(H,24,26)/t18-/m1/s1. The van der Waals surface area contributed by atoms with Gasteiger partial charge in [-0.15, -0.1) is 0 Å². The fourth-order valence-electron chi connectivity index (χ4n) is 3.53. The molecule has 2 aromatic rings. The van der Waals surface area contributed by atoms with Crippen molar-refractivity contribution in [3.8, 4) is 11.8 Å². The number of hydrogen-bond acceptors (Lipinski definition) is 5. The van der Waals surface area contributed by atoms with Gasteiger partial charge in [-0.1, -0.05) is 6.07 Å². The summed E-state index contributed by atoms with van der Waals surface area (Å²) in [5.74, 6) is -0.0390. The Morgan fingerprint density at radius 3 is 2.80 bits per heavy atom. The molecule has 30 heavy (non-hydrogen) atoms. The summed E-state index contributed by atoms with van der Waals surface area (Å²) in [7, 11) is -3.71. The highest BCUT2D eigenvalue weighted by Crippen LogP contribution is 2.28. The van der Waals surface area contributed by atoms with Gasteiger partial charge in [-0.05, 0) is 68.7 Å². The zero-order chi connectivity index (χ0) is 21.7. The second-order valence-corrected chi connectivity index (χ2v) is 9.18. The largest absolute Gasteiger partial charge is 0.494 e. The van der Waals surface area contributed by atoms with E-state index in [4.69, 9.17) is 10.00 Å². The molecule has 1 aliphatic heterocycles. The lowest BCUT2D eigenvalue weighted by molar-refractivity contribution is -0.120. The third-order valence-electron chi connectivity index (χ3n) is 5.10. The Morgan fingerprint density at radius 2 is 2.10 bits per heavy atom. The van der Waals surface area contributed by atoms with E-state index in [-0.39, 0.29) is 17.3 Å². The molecule has 0 spiro atoms. The van der Waals surface area contributed by atoms with Crippen LogP contribution in [0, 0.1) is 24.2 Å². The van der Waals surface area contributed by atoms with Crippen LogP contribution in [0.3, 0.4) is 0 Å². The normalized spacial score (nSPS) is 17.2. The van der Waals surface area contributed by atoms with Gasteiger partial charge < -0.3 is 10.1 Å². The number of nitrogens with zero attached hydrogens (tertiary/aromatic N) is 2. The molecule has 3 rings (SSSR count). The zero-order valence-electron chi connectivity index (χ0n) is 17.1. The molecule has 1 amide bonds. The van der Waals surface area contributed by atoms with E-state index in [9.17, 15) is 13.2 Å². The van der Waals surface area contributed by atoms with Crippen LogP contribution in [0.4, 0.5) is 5.69 Å². The van der Waals surface area contributed by atoms with Gasteiger partial charge in [0, 0.05) is 18.8 Å². The van der Waals surface area contributed by atoms with Gasteiger partial charge in [-0.3, -0.25) is 4.79 Å². The first-order valence-corrected chi connectivity index (χ1v) is 11.3. The molecule has 0 radical (unpaired) electrons. The maximum atomic E-state index is 13.1. The average molecular weight is 428 g/mol. The molecular weight excluding hydrogens is 402 g/mol. The molecule has 1 heterocycles. The summed E-state index contributed by atoms with van der Waals surface area (Å²) in [6.45, 7) is 4.69. The van der Waals surface area contributed by atoms with Crippen molar-refractivity contribution in [1.82, 2.24) is 4.31 Å². The van der Waals surface area contributed by atoms with Gasteiger partial charge in [-0.25, -0.2) is 8.42 Å². The van der Waals surface area contributed by atoms with Crippen molar-refractivity contribution in [3.63, 3.8) is 0 Å². The summed E-state index contributed by atoms with van der Waals surface area (Å²) in [6.07, 6.45) is 1.21. The van der Waals surface area contributed by atoms with E-state index in [1.54, 1.807) is 42.5 Å². The summed E-state index contributed by atoms with van der Waals surface area (Å²) in [5, 5.41) is 11.8. The number of anilines is 1. The number of aryl methyl sites for hydroxylation is 1. The minimum Gasteiger partial charge on any atom is -0.494 e. The predicted molar refractivity (Wildman–Crippen MR) is 114 cm³/mol. The smallest absolute Gasteiger partial charge is 0.243 e. The van der Waals surface area contributed by atoms with Crippen molar-refractivity contribution in [3.05, 3.63) is 53.6 Å². The van der Waals surface area contributed by atoms with Crippen molar-refractivity contribution in [2.24, 2.45) is 5.92 Å². The molecule has 0 bridgehead atoms. The van der Waals surface area contributed by atoms with Crippen LogP contribution in [0.15, 0.2) is 47.4 Å². The molecule has 2 aromatic carbocycles. The molecule has 1 aliphatic rings. The van der Waals surface area contributed by atoms with E-state index >= 15 is 0 Å². The van der Waals surface area contributed by atoms with Crippen molar-refractivity contribution in [2.45, 2.75) is 31.6 Å². The Balaban J connectivity index is 1.73. The lowest BCUT2D eigenvalue weighted by Gasteiger charge is -2.31. The Kier molecular flexibility index (Phi) is 6.75. The van der Waals surface area contributed by atoms with Crippen LogP contribution in [0.25, 0.3) is 0 Å². The first-order chi connectivity index (χ1) is 14.3. The fourth-order valence-corrected chi connectivity index (χ4v) is 5.14. The predicted octanol–water partition coefficient (Wildman–Crippen LogP) is 3.30. The molecule has 0 aromatic heterocycles. The number of nitriles is 1. The Labute approximate surface area is 177 Å². The van der Waals surface area contributed by atoms with Gasteiger partial charge in [0.1, 0.15) is 5.75 Å². The van der Waals surface area contributed by atoms with Crippen molar-refractivity contribution >= 4 is 21.6 Å². The van der Waals surface area contributed by atoms with Crippen LogP contribution in [-0.4, -0.2) is 38.3 Å². The second-order valence-electron chi connectivity index (χ2n) is 7.24. The van der Waals surface area contributed by atoms with Crippen molar-refractivity contribution in [1.29, 1.82) is 5.26 Å². The molecule has 0 aliphatic carbocycles. The minimum atomic E-state index is -3.71. The molecule has 1 fully saturated rings. The first kappa shape index (κ1) is 21.8. The lowest BCUT2D eigenvalue weighted by atomic mass is 9.98. The number of benzene rings is 2. The Morgan fingerprint density at radius 1 is 1.30 bits per heavy atom. The third-order valence-corrected chi connectivity index (χ3v) is 6.96. The minimum absolute atomic E-state index is 0.123. The monoisotopic (exact) mass is 427 g/mol. The van der Waals surface area contributed by atoms with Crippen LogP contribution in [0.1, 0.15) is 30.9 Å². The number of ether oxygens (including phenoxy) is 1. The van der Waals surface area contributed by atoms with E-state index in [2.05, 4.69) is 5.32 Å². The van der Waals surface area contributed by atoms with Crippen LogP contribution in [0.5, 0.6) is 5.75 Å². The molecule has 158 valence electrons. The summed E-state index contributed by atoms with van der Waals surface area (Å²) in [5.41, 5.74) is 1.73. The van der Waals surface area contributed by atoms with Gasteiger partial charge in [-0.2, -0.15) is 9.57 Å². The fraction of sp³-hybridized carbons (Fsp3) is 0.364. The molecule has 0 unspecified atom stereocenters. The van der Waals surface area contributed by atoms with Gasteiger partial charge in [0.05, 0.1) is 29.1 Å². The number of carbonyl (C=O) groups excluding carboxylic acids is 1. The second kappa shape index (κ2) is 9.28. The lowest BCUT2D eigenvalue weighted by Crippen LogP contribution is -2.43. The number of nitrogens with one attached hydrogen (secondary N) is 1. The van der Waals surface area contributed by atoms with E-state index in [0.29, 0.717) is 43.0 Å². The SMILES string of the molecule is CCOc1ccc(S(=O)(=O)N2CCC[C@@H](C(=O)Nc3cccc(C#N)c3)C2)cc1C. The third kappa shape index (κ3) is 4.81. The summed E-state index contributed by atoms with van der Waals surface area (Å²) < 4.78 is 33.1. The van der Waals surface area contributed by atoms with Gasteiger partial charge in [0.2, 0.25) is 15.9 Å². The number of amides is 1. The molecule has 1 N–H and O–H groups in total. The molecule has 8 heteroatoms. The zero-order valence-corrected chi connectivity index (χ0v) is 17.9. The summed E-state index contributed by atoms with van der Waals surface area (Å²) in [6, 6.07) is 13.5. The average Bonchev–Trinajstić information content (AvgIpc) is 2.75. The van der Waals surface area contributed by atoms with Gasteiger partial charge >= 0.3 is 0 Å². The molecule has 1 atom stereocenters. The van der Waals surface area contributed by atoms with Crippen LogP contribution < -0.4 is 10.1 Å². The molecular formula is C22H25N3O4S. The maximum Gasteiger partial charge on any atom is 0.243 e. The topological polar surface area (TPSA) is 99.5 Å². The Hall–Kier alpha value is -2.89. The maximum absolute atomic E-state index is 13.1. The van der Waals surface area contributed by atoms with Crippen molar-refractivity contribution in [2.75, 3.05) is 25.0 Å². The highest BCUT2D eigenvalue weighted by atomic mass is 32.2. The van der Waals surface area contributed by atoms with Gasteiger partial charge in [0.15, 0.2) is 0 Å². The van der Waals surface area contributed by atoms with E-state index in [1.165, 1.54) is 4.31 Å². The molecule has 0 saturated carbocycles. The quantitative estimate of drug-likeness (QED) is 0.762. The number of piperidine rings is 1. The van der Waals surface area contributed by atoms with Crippen LogP contribution in [-0.2, 0) is 14.8 Å². The molecule has 1 saturated heterocycles. The van der Waals surface area contributed by atoms with E-state index < -0.39 is 15.9 Å². The number of rotatable bonds is 6. The van der Waals surface area contributed by atoms with E-state index in [0.717, 1.165) is 5.56 Å². The van der Waals surface area contributed by atoms with Crippen LogP contribution >= 0.6 is 0 Å². The van der Waals surface area contributed by atoms with Gasteiger partial charge in [0.25, 0.3) is 0 Å². The number of carbonyl (C=O) groups is 1. The Bertz CT molecular complexity index is 1080. The van der Waals surface area contributed by atoms with E-state index in [1.807, 2.05) is 19.9 Å². The highest BCUT2D eigenvalue weighted by molar-refractivity contribution is 7.89. The van der Waals surface area contributed by atoms with Crippen molar-refractivity contribution < 1.29 is 17.9 Å². The summed E-state index contributed by atoms with van der Waals surface area (Å²) >= 11 is 0. The number of sulfonamides is 1.